The average Bonchev–Trinajstić information content (AvgIpc) is 3.03. The van der Waals surface area contributed by atoms with Crippen LogP contribution >= 0.6 is 11.6 Å². The summed E-state index contributed by atoms with van der Waals surface area (Å²) in [6, 6.07) is 14.3. The summed E-state index contributed by atoms with van der Waals surface area (Å²) in [7, 11) is 1.54. The zero-order chi connectivity index (χ0) is 21.8. The lowest BCUT2D eigenvalue weighted by molar-refractivity contribution is -0.137. The van der Waals surface area contributed by atoms with Crippen LogP contribution in [-0.4, -0.2) is 68.1 Å². The highest BCUT2D eigenvalue weighted by Crippen LogP contribution is 2.34. The van der Waals surface area contributed by atoms with Crippen molar-refractivity contribution in [2.24, 2.45) is 0 Å². The Morgan fingerprint density at radius 3 is 2.48 bits per heavy atom. The van der Waals surface area contributed by atoms with E-state index in [2.05, 4.69) is 10.2 Å². The van der Waals surface area contributed by atoms with Crippen LogP contribution in [0.2, 0.25) is 5.02 Å². The highest BCUT2D eigenvalue weighted by atomic mass is 35.5. The van der Waals surface area contributed by atoms with Crippen LogP contribution in [0.3, 0.4) is 0 Å². The molecule has 1 saturated heterocycles. The molecular formula is C23H24ClN3O4. The summed E-state index contributed by atoms with van der Waals surface area (Å²) in [5.41, 5.74) is 1.76. The van der Waals surface area contributed by atoms with Crippen LogP contribution < -0.4 is 10.1 Å². The van der Waals surface area contributed by atoms with E-state index in [4.69, 9.17) is 21.1 Å². The minimum absolute atomic E-state index is 0.221. The van der Waals surface area contributed by atoms with Crippen LogP contribution in [0.5, 0.6) is 5.75 Å². The van der Waals surface area contributed by atoms with E-state index < -0.39 is 0 Å². The number of benzene rings is 2. The Labute approximate surface area is 186 Å². The summed E-state index contributed by atoms with van der Waals surface area (Å²) >= 11 is 6.15. The van der Waals surface area contributed by atoms with Crippen molar-refractivity contribution in [1.29, 1.82) is 0 Å². The number of imide groups is 1. The molecule has 0 aromatic heterocycles. The first-order valence-corrected chi connectivity index (χ1v) is 10.5. The van der Waals surface area contributed by atoms with E-state index >= 15 is 0 Å². The first-order valence-electron chi connectivity index (χ1n) is 10.1. The maximum atomic E-state index is 13.3. The molecule has 2 aromatic carbocycles. The SMILES string of the molecule is COc1ccc(Cl)cc1NC1=C(c2ccccc2)C(=O)N(CCN2CCOCC2)C1=O. The van der Waals surface area contributed by atoms with Crippen LogP contribution in [-0.2, 0) is 14.3 Å². The van der Waals surface area contributed by atoms with Gasteiger partial charge in [0.15, 0.2) is 0 Å². The van der Waals surface area contributed by atoms with Gasteiger partial charge in [0.1, 0.15) is 11.4 Å². The van der Waals surface area contributed by atoms with Gasteiger partial charge in [-0.05, 0) is 23.8 Å². The summed E-state index contributed by atoms with van der Waals surface area (Å²) in [5, 5.41) is 3.61. The standard InChI is InChI=1S/C23H24ClN3O4/c1-30-19-8-7-17(24)15-18(19)25-21-20(16-5-3-2-4-6-16)22(28)27(23(21)29)10-9-26-11-13-31-14-12-26/h2-8,15,25H,9-14H2,1H3. The Balaban J connectivity index is 1.65. The van der Waals surface area contributed by atoms with Gasteiger partial charge in [0.25, 0.3) is 11.8 Å². The van der Waals surface area contributed by atoms with Gasteiger partial charge in [-0.2, -0.15) is 0 Å². The van der Waals surface area contributed by atoms with Gasteiger partial charge < -0.3 is 14.8 Å². The predicted molar refractivity (Wildman–Crippen MR) is 119 cm³/mol. The summed E-state index contributed by atoms with van der Waals surface area (Å²) in [5.74, 6) is -0.150. The Hall–Kier alpha value is -2.87. The molecular weight excluding hydrogens is 418 g/mol. The number of nitrogens with one attached hydrogen (secondary N) is 1. The van der Waals surface area contributed by atoms with E-state index in [9.17, 15) is 9.59 Å². The molecule has 0 aliphatic carbocycles. The van der Waals surface area contributed by atoms with E-state index in [0.29, 0.717) is 53.9 Å². The number of amides is 2. The first kappa shape index (κ1) is 21.4. The molecule has 0 atom stereocenters. The molecule has 0 radical (unpaired) electrons. The Bertz CT molecular complexity index is 1000. The molecule has 0 bridgehead atoms. The second-order valence-corrected chi connectivity index (χ2v) is 7.74. The van der Waals surface area contributed by atoms with E-state index in [1.54, 1.807) is 18.2 Å². The molecule has 2 aliphatic rings. The number of rotatable bonds is 7. The molecule has 2 aromatic rings. The lowest BCUT2D eigenvalue weighted by Crippen LogP contribution is -2.43. The maximum Gasteiger partial charge on any atom is 0.278 e. The largest absolute Gasteiger partial charge is 0.495 e. The summed E-state index contributed by atoms with van der Waals surface area (Å²) < 4.78 is 10.8. The third-order valence-electron chi connectivity index (χ3n) is 5.40. The van der Waals surface area contributed by atoms with Crippen LogP contribution in [0.4, 0.5) is 5.69 Å². The van der Waals surface area contributed by atoms with Crippen LogP contribution in [0, 0.1) is 0 Å². The van der Waals surface area contributed by atoms with Crippen molar-refractivity contribution in [2.45, 2.75) is 0 Å². The maximum absolute atomic E-state index is 13.3. The van der Waals surface area contributed by atoms with Gasteiger partial charge in [-0.1, -0.05) is 41.9 Å². The van der Waals surface area contributed by atoms with Crippen LogP contribution in [0.25, 0.3) is 5.57 Å². The number of nitrogens with zero attached hydrogens (tertiary/aromatic N) is 2. The summed E-state index contributed by atoms with van der Waals surface area (Å²) in [6.07, 6.45) is 0. The van der Waals surface area contributed by atoms with Gasteiger partial charge in [-0.15, -0.1) is 0 Å². The van der Waals surface area contributed by atoms with Crippen molar-refractivity contribution in [3.05, 3.63) is 64.8 Å². The van der Waals surface area contributed by atoms with Crippen LogP contribution in [0.15, 0.2) is 54.2 Å². The quantitative estimate of drug-likeness (QED) is 0.666. The number of anilines is 1. The zero-order valence-corrected chi connectivity index (χ0v) is 18.0. The van der Waals surface area contributed by atoms with Crippen molar-refractivity contribution in [3.63, 3.8) is 0 Å². The third-order valence-corrected chi connectivity index (χ3v) is 5.63. The van der Waals surface area contributed by atoms with Crippen molar-refractivity contribution in [2.75, 3.05) is 51.8 Å². The van der Waals surface area contributed by atoms with E-state index in [-0.39, 0.29) is 17.5 Å². The lowest BCUT2D eigenvalue weighted by Gasteiger charge is -2.28. The number of ether oxygens (including phenoxy) is 2. The monoisotopic (exact) mass is 441 g/mol. The smallest absolute Gasteiger partial charge is 0.278 e. The molecule has 0 spiro atoms. The fourth-order valence-electron chi connectivity index (χ4n) is 3.75. The zero-order valence-electron chi connectivity index (χ0n) is 17.3. The molecule has 31 heavy (non-hydrogen) atoms. The molecule has 0 saturated carbocycles. The van der Waals surface area contributed by atoms with Gasteiger partial charge in [-0.3, -0.25) is 19.4 Å². The summed E-state index contributed by atoms with van der Waals surface area (Å²) in [4.78, 5) is 30.1. The fraction of sp³-hybridized carbons (Fsp3) is 0.304. The molecule has 2 amide bonds. The summed E-state index contributed by atoms with van der Waals surface area (Å²) in [6.45, 7) is 3.83. The minimum atomic E-state index is -0.362. The Morgan fingerprint density at radius 2 is 1.77 bits per heavy atom. The van der Waals surface area contributed by atoms with E-state index in [1.807, 2.05) is 30.3 Å². The van der Waals surface area contributed by atoms with Gasteiger partial charge in [0, 0.05) is 31.2 Å². The number of hydrogen-bond donors (Lipinski definition) is 1. The van der Waals surface area contributed by atoms with Gasteiger partial charge in [0.2, 0.25) is 0 Å². The van der Waals surface area contributed by atoms with Crippen molar-refractivity contribution in [1.82, 2.24) is 9.80 Å². The molecule has 2 heterocycles. The van der Waals surface area contributed by atoms with Crippen molar-refractivity contribution in [3.8, 4) is 5.75 Å². The molecule has 7 nitrogen and oxygen atoms in total. The van der Waals surface area contributed by atoms with Gasteiger partial charge in [-0.25, -0.2) is 0 Å². The van der Waals surface area contributed by atoms with Crippen molar-refractivity contribution < 1.29 is 19.1 Å². The van der Waals surface area contributed by atoms with Crippen molar-refractivity contribution >= 4 is 34.7 Å². The molecule has 2 aliphatic heterocycles. The Morgan fingerprint density at radius 1 is 1.03 bits per heavy atom. The first-order chi connectivity index (χ1) is 15.1. The second-order valence-electron chi connectivity index (χ2n) is 7.30. The van der Waals surface area contributed by atoms with E-state index in [1.165, 1.54) is 12.0 Å². The Kier molecular flexibility index (Phi) is 6.56. The number of halogens is 1. The number of carbonyl (C=O) groups is 2. The number of morpholine rings is 1. The predicted octanol–water partition coefficient (Wildman–Crippen LogP) is 2.87. The van der Waals surface area contributed by atoms with Gasteiger partial charge >= 0.3 is 0 Å². The normalized spacial score (nSPS) is 17.4. The van der Waals surface area contributed by atoms with E-state index in [0.717, 1.165) is 13.1 Å². The lowest BCUT2D eigenvalue weighted by atomic mass is 10.0. The molecule has 1 N–H and O–H groups in total. The highest BCUT2D eigenvalue weighted by molar-refractivity contribution is 6.36. The number of hydrogen-bond acceptors (Lipinski definition) is 6. The minimum Gasteiger partial charge on any atom is -0.495 e. The topological polar surface area (TPSA) is 71.1 Å². The fourth-order valence-corrected chi connectivity index (χ4v) is 3.92. The molecule has 1 fully saturated rings. The number of methoxy groups -OCH3 is 1. The molecule has 4 rings (SSSR count). The number of carbonyl (C=O) groups excluding carboxylic acids is 2. The average molecular weight is 442 g/mol. The van der Waals surface area contributed by atoms with Crippen LogP contribution in [0.1, 0.15) is 5.56 Å². The second kappa shape index (κ2) is 9.51. The molecule has 0 unspecified atom stereocenters. The molecule has 162 valence electrons. The molecule has 8 heteroatoms. The third kappa shape index (κ3) is 4.58. The van der Waals surface area contributed by atoms with Gasteiger partial charge in [0.05, 0.1) is 31.6 Å². The highest BCUT2D eigenvalue weighted by Gasteiger charge is 2.39.